The van der Waals surface area contributed by atoms with Gasteiger partial charge in [-0.1, -0.05) is 13.8 Å². The summed E-state index contributed by atoms with van der Waals surface area (Å²) in [5.41, 5.74) is 5.28. The highest BCUT2D eigenvalue weighted by atomic mass is 32.2. The van der Waals surface area contributed by atoms with Gasteiger partial charge in [-0.15, -0.1) is 0 Å². The van der Waals surface area contributed by atoms with Gasteiger partial charge in [0.2, 0.25) is 0 Å². The van der Waals surface area contributed by atoms with E-state index in [1.54, 1.807) is 13.8 Å². The van der Waals surface area contributed by atoms with Crippen LogP contribution in [0.3, 0.4) is 0 Å². The topological polar surface area (TPSA) is 119 Å². The van der Waals surface area contributed by atoms with Gasteiger partial charge in [-0.05, 0) is 0 Å². The molecule has 0 saturated heterocycles. The van der Waals surface area contributed by atoms with Crippen LogP contribution >= 0.6 is 0 Å². The smallest absolute Gasteiger partial charge is 0.424 e. The molecule has 1 atom stereocenters. The Hall–Kier alpha value is -0.860. The molecule has 1 amide bonds. The zero-order valence-electron chi connectivity index (χ0n) is 7.22. The number of carbonyl (C=O) groups excluding carboxylic acids is 1. The zero-order valence-corrected chi connectivity index (χ0v) is 8.04. The Balaban J connectivity index is 4.03. The minimum atomic E-state index is -4.57. The first kappa shape index (κ1) is 12.1. The highest BCUT2D eigenvalue weighted by molar-refractivity contribution is 7.84. The SMILES string of the molecule is CC(C)C(N)OC(=O)NS(=O)(=O)O. The lowest BCUT2D eigenvalue weighted by Crippen LogP contribution is -2.39. The third-order valence-corrected chi connectivity index (χ3v) is 1.54. The van der Waals surface area contributed by atoms with Crippen molar-refractivity contribution in [1.29, 1.82) is 0 Å². The molecule has 0 radical (unpaired) electrons. The van der Waals surface area contributed by atoms with Crippen molar-refractivity contribution >= 4 is 16.4 Å². The lowest BCUT2D eigenvalue weighted by atomic mass is 10.2. The fourth-order valence-corrected chi connectivity index (χ4v) is 0.648. The van der Waals surface area contributed by atoms with E-state index in [2.05, 4.69) is 4.74 Å². The molecule has 0 aromatic heterocycles. The molecule has 0 bridgehead atoms. The van der Waals surface area contributed by atoms with Gasteiger partial charge < -0.3 is 4.74 Å². The fourth-order valence-electron chi connectivity index (χ4n) is 0.389. The van der Waals surface area contributed by atoms with Crippen molar-refractivity contribution in [2.45, 2.75) is 20.1 Å². The molecular formula is C5H12N2O5S. The van der Waals surface area contributed by atoms with Crippen LogP contribution in [0.2, 0.25) is 0 Å². The van der Waals surface area contributed by atoms with E-state index in [9.17, 15) is 13.2 Å². The van der Waals surface area contributed by atoms with Gasteiger partial charge in [-0.2, -0.15) is 13.1 Å². The highest BCUT2D eigenvalue weighted by Crippen LogP contribution is 1.99. The number of nitrogens with two attached hydrogens (primary N) is 1. The summed E-state index contributed by atoms with van der Waals surface area (Å²) in [5, 5.41) is 0. The average Bonchev–Trinajstić information content (AvgIpc) is 1.81. The quantitative estimate of drug-likeness (QED) is 0.427. The maximum absolute atomic E-state index is 10.6. The summed E-state index contributed by atoms with van der Waals surface area (Å²) in [6, 6.07) is 0. The van der Waals surface area contributed by atoms with E-state index in [1.807, 2.05) is 0 Å². The second kappa shape index (κ2) is 4.40. The van der Waals surface area contributed by atoms with Crippen LogP contribution in [0.15, 0.2) is 0 Å². The van der Waals surface area contributed by atoms with Crippen LogP contribution in [-0.2, 0) is 15.0 Å². The average molecular weight is 212 g/mol. The third-order valence-electron chi connectivity index (χ3n) is 1.11. The number of amides is 1. The first-order valence-corrected chi connectivity index (χ1v) is 4.88. The zero-order chi connectivity index (χ0) is 10.6. The number of ether oxygens (including phenoxy) is 1. The van der Waals surface area contributed by atoms with Crippen molar-refractivity contribution in [3.05, 3.63) is 0 Å². The van der Waals surface area contributed by atoms with Gasteiger partial charge in [-0.25, -0.2) is 4.79 Å². The molecule has 0 rings (SSSR count). The summed E-state index contributed by atoms with van der Waals surface area (Å²) in [5.74, 6) is -0.146. The molecule has 4 N–H and O–H groups in total. The van der Waals surface area contributed by atoms with Gasteiger partial charge in [0.25, 0.3) is 0 Å². The summed E-state index contributed by atoms with van der Waals surface area (Å²) >= 11 is 0. The molecule has 0 saturated carbocycles. The normalized spacial score (nSPS) is 13.9. The largest absolute Gasteiger partial charge is 0.430 e. The summed E-state index contributed by atoms with van der Waals surface area (Å²) < 4.78 is 33.9. The lowest BCUT2D eigenvalue weighted by molar-refractivity contribution is 0.0792. The minimum absolute atomic E-state index is 0.146. The summed E-state index contributed by atoms with van der Waals surface area (Å²) in [6.07, 6.45) is -2.22. The van der Waals surface area contributed by atoms with Gasteiger partial charge >= 0.3 is 16.4 Å². The molecule has 0 aliphatic heterocycles. The third kappa shape index (κ3) is 6.31. The van der Waals surface area contributed by atoms with Crippen LogP contribution in [-0.4, -0.2) is 25.3 Å². The van der Waals surface area contributed by atoms with Crippen LogP contribution in [0.25, 0.3) is 0 Å². The van der Waals surface area contributed by atoms with E-state index >= 15 is 0 Å². The maximum Gasteiger partial charge on any atom is 0.424 e. The standard InChI is InChI=1S/C5H12N2O5S/c1-3(2)4(6)12-5(8)7-13(9,10)11/h3-4H,6H2,1-2H3,(H,7,8)(H,9,10,11). The van der Waals surface area contributed by atoms with Gasteiger partial charge in [-0.3, -0.25) is 10.3 Å². The number of hydrogen-bond donors (Lipinski definition) is 3. The molecule has 0 aromatic rings. The van der Waals surface area contributed by atoms with E-state index in [1.165, 1.54) is 4.72 Å². The van der Waals surface area contributed by atoms with Gasteiger partial charge in [0.05, 0.1) is 0 Å². The molecule has 0 aliphatic carbocycles. The summed E-state index contributed by atoms with van der Waals surface area (Å²) in [6.45, 7) is 3.37. The first-order chi connectivity index (χ1) is 5.72. The van der Waals surface area contributed by atoms with E-state index in [0.717, 1.165) is 0 Å². The molecule has 13 heavy (non-hydrogen) atoms. The second-order valence-electron chi connectivity index (χ2n) is 2.69. The van der Waals surface area contributed by atoms with Gasteiger partial charge in [0.1, 0.15) is 0 Å². The maximum atomic E-state index is 10.6. The van der Waals surface area contributed by atoms with Crippen molar-refractivity contribution in [2.24, 2.45) is 11.7 Å². The van der Waals surface area contributed by atoms with Crippen molar-refractivity contribution in [2.75, 3.05) is 0 Å². The Morgan fingerprint density at radius 2 is 2.00 bits per heavy atom. The molecule has 0 aliphatic rings. The van der Waals surface area contributed by atoms with Crippen LogP contribution in [0.1, 0.15) is 13.8 Å². The predicted octanol–water partition coefficient (Wildman–Crippen LogP) is -0.544. The van der Waals surface area contributed by atoms with E-state index < -0.39 is 22.6 Å². The van der Waals surface area contributed by atoms with Crippen molar-refractivity contribution in [3.63, 3.8) is 0 Å². The van der Waals surface area contributed by atoms with Gasteiger partial charge in [0, 0.05) is 5.92 Å². The van der Waals surface area contributed by atoms with Crippen LogP contribution in [0.4, 0.5) is 4.79 Å². The van der Waals surface area contributed by atoms with E-state index in [0.29, 0.717) is 0 Å². The predicted molar refractivity (Wildman–Crippen MR) is 44.0 cm³/mol. The molecule has 0 fully saturated rings. The molecule has 7 nitrogen and oxygen atoms in total. The van der Waals surface area contributed by atoms with Crippen molar-refractivity contribution in [3.8, 4) is 0 Å². The van der Waals surface area contributed by atoms with Crippen molar-refractivity contribution in [1.82, 2.24) is 4.72 Å². The molecule has 0 heterocycles. The Kier molecular flexibility index (Phi) is 4.11. The van der Waals surface area contributed by atoms with E-state index in [4.69, 9.17) is 10.3 Å². The first-order valence-electron chi connectivity index (χ1n) is 3.44. The minimum Gasteiger partial charge on any atom is -0.430 e. The lowest BCUT2D eigenvalue weighted by Gasteiger charge is -2.15. The molecule has 0 spiro atoms. The van der Waals surface area contributed by atoms with Crippen LogP contribution < -0.4 is 10.5 Å². The van der Waals surface area contributed by atoms with Crippen LogP contribution in [0, 0.1) is 5.92 Å². The van der Waals surface area contributed by atoms with E-state index in [-0.39, 0.29) is 5.92 Å². The Morgan fingerprint density at radius 3 is 2.31 bits per heavy atom. The molecule has 1 unspecified atom stereocenters. The van der Waals surface area contributed by atoms with Crippen LogP contribution in [0.5, 0.6) is 0 Å². The second-order valence-corrected chi connectivity index (χ2v) is 3.85. The Bertz CT molecular complexity index is 273. The molecule has 78 valence electrons. The Labute approximate surface area is 76.1 Å². The van der Waals surface area contributed by atoms with Gasteiger partial charge in [0.15, 0.2) is 6.23 Å². The molecule has 8 heteroatoms. The number of carbonyl (C=O) groups is 1. The summed E-state index contributed by atoms with van der Waals surface area (Å²) in [7, 11) is -4.57. The molecule has 0 aromatic carbocycles. The Morgan fingerprint density at radius 1 is 1.54 bits per heavy atom. The number of nitrogens with one attached hydrogen (secondary N) is 1. The highest BCUT2D eigenvalue weighted by Gasteiger charge is 2.16. The fraction of sp³-hybridized carbons (Fsp3) is 0.800. The molecular weight excluding hydrogens is 200 g/mol. The number of rotatable bonds is 3. The number of hydrogen-bond acceptors (Lipinski definition) is 5. The van der Waals surface area contributed by atoms with Crippen molar-refractivity contribution < 1.29 is 22.5 Å². The monoisotopic (exact) mass is 212 g/mol. The summed E-state index contributed by atoms with van der Waals surface area (Å²) in [4.78, 5) is 10.6.